The number of carbonyl (C=O) groups is 2. The molecule has 0 spiro atoms. The number of nitrogens with zero attached hydrogens (tertiary/aromatic N) is 1. The Labute approximate surface area is 135 Å². The molecule has 3 rings (SSSR count). The Hall–Kier alpha value is -2.69. The van der Waals surface area contributed by atoms with Crippen molar-refractivity contribution in [2.24, 2.45) is 0 Å². The summed E-state index contributed by atoms with van der Waals surface area (Å²) >= 11 is 0. The van der Waals surface area contributed by atoms with Gasteiger partial charge in [0.2, 0.25) is 5.91 Å². The summed E-state index contributed by atoms with van der Waals surface area (Å²) in [5.41, 5.74) is 2.51. The van der Waals surface area contributed by atoms with Crippen molar-refractivity contribution in [2.45, 2.75) is 25.3 Å². The zero-order valence-corrected chi connectivity index (χ0v) is 12.8. The Kier molecular flexibility index (Phi) is 4.66. The Bertz CT molecular complexity index is 700. The molecule has 118 valence electrons. The molecule has 1 saturated heterocycles. The molecule has 1 aromatic carbocycles. The molecule has 0 unspecified atom stereocenters. The van der Waals surface area contributed by atoms with E-state index in [2.05, 4.69) is 15.6 Å². The number of hydrogen-bond donors (Lipinski definition) is 2. The standard InChI is InChI=1S/C18H19N3O2/c22-17(21-16-7-4-9-20-18(16)23)14-8-10-19-15(12-14)11-13-5-2-1-3-6-13/h1-3,5-6,8,10,12,16H,4,7,9,11H2,(H,20,23)(H,21,22)/t16-/m1/s1. The van der Waals surface area contributed by atoms with Gasteiger partial charge in [0.05, 0.1) is 0 Å². The predicted molar refractivity (Wildman–Crippen MR) is 87.0 cm³/mol. The number of piperidine rings is 1. The summed E-state index contributed by atoms with van der Waals surface area (Å²) in [5.74, 6) is -0.341. The molecule has 23 heavy (non-hydrogen) atoms. The fourth-order valence-electron chi connectivity index (χ4n) is 2.67. The van der Waals surface area contributed by atoms with Gasteiger partial charge in [-0.2, -0.15) is 0 Å². The molecule has 1 atom stereocenters. The number of hydrogen-bond acceptors (Lipinski definition) is 3. The summed E-state index contributed by atoms with van der Waals surface area (Å²) < 4.78 is 0. The van der Waals surface area contributed by atoms with E-state index in [1.165, 1.54) is 0 Å². The van der Waals surface area contributed by atoms with Crippen LogP contribution in [-0.4, -0.2) is 29.4 Å². The van der Waals surface area contributed by atoms with Crippen molar-refractivity contribution in [2.75, 3.05) is 6.54 Å². The van der Waals surface area contributed by atoms with Crippen LogP contribution in [0.5, 0.6) is 0 Å². The molecule has 2 N–H and O–H groups in total. The van der Waals surface area contributed by atoms with Gasteiger partial charge in [0, 0.05) is 30.4 Å². The number of rotatable bonds is 4. The van der Waals surface area contributed by atoms with E-state index < -0.39 is 6.04 Å². The molecule has 1 aliphatic rings. The first kappa shape index (κ1) is 15.2. The summed E-state index contributed by atoms with van der Waals surface area (Å²) in [6.07, 6.45) is 3.87. The van der Waals surface area contributed by atoms with Gasteiger partial charge >= 0.3 is 0 Å². The van der Waals surface area contributed by atoms with Crippen LogP contribution in [0.15, 0.2) is 48.7 Å². The molecular weight excluding hydrogens is 290 g/mol. The van der Waals surface area contributed by atoms with Crippen LogP contribution in [0.1, 0.15) is 34.5 Å². The second kappa shape index (κ2) is 7.05. The molecule has 0 saturated carbocycles. The lowest BCUT2D eigenvalue weighted by atomic mass is 10.1. The minimum absolute atomic E-state index is 0.108. The number of aromatic nitrogens is 1. The lowest BCUT2D eigenvalue weighted by Gasteiger charge is -2.22. The van der Waals surface area contributed by atoms with Crippen molar-refractivity contribution < 1.29 is 9.59 Å². The van der Waals surface area contributed by atoms with Crippen LogP contribution in [0.3, 0.4) is 0 Å². The van der Waals surface area contributed by atoms with Crippen molar-refractivity contribution in [3.05, 3.63) is 65.5 Å². The Morgan fingerprint density at radius 1 is 1.26 bits per heavy atom. The number of carbonyl (C=O) groups excluding carboxylic acids is 2. The highest BCUT2D eigenvalue weighted by atomic mass is 16.2. The topological polar surface area (TPSA) is 71.1 Å². The first-order valence-corrected chi connectivity index (χ1v) is 7.80. The molecule has 0 aliphatic carbocycles. The third kappa shape index (κ3) is 3.94. The molecule has 2 amide bonds. The molecule has 5 heteroatoms. The summed E-state index contributed by atoms with van der Waals surface area (Å²) in [5, 5.41) is 5.56. The molecule has 1 fully saturated rings. The third-order valence-corrected chi connectivity index (χ3v) is 3.90. The molecule has 0 bridgehead atoms. The molecule has 2 heterocycles. The van der Waals surface area contributed by atoms with Gasteiger partial charge in [0.15, 0.2) is 0 Å². The summed E-state index contributed by atoms with van der Waals surface area (Å²) in [6, 6.07) is 13.0. The highest BCUT2D eigenvalue weighted by Gasteiger charge is 2.24. The van der Waals surface area contributed by atoms with E-state index in [0.29, 0.717) is 24.9 Å². The van der Waals surface area contributed by atoms with Crippen molar-refractivity contribution in [1.82, 2.24) is 15.6 Å². The maximum absolute atomic E-state index is 12.3. The lowest BCUT2D eigenvalue weighted by molar-refractivity contribution is -0.124. The van der Waals surface area contributed by atoms with Gasteiger partial charge in [-0.15, -0.1) is 0 Å². The van der Waals surface area contributed by atoms with E-state index in [4.69, 9.17) is 0 Å². The zero-order chi connectivity index (χ0) is 16.1. The first-order valence-electron chi connectivity index (χ1n) is 7.80. The van der Waals surface area contributed by atoms with Crippen LogP contribution < -0.4 is 10.6 Å². The first-order chi connectivity index (χ1) is 11.2. The van der Waals surface area contributed by atoms with E-state index >= 15 is 0 Å². The van der Waals surface area contributed by atoms with E-state index in [1.54, 1.807) is 18.3 Å². The van der Waals surface area contributed by atoms with Gasteiger partial charge in [-0.1, -0.05) is 30.3 Å². The maximum atomic E-state index is 12.3. The van der Waals surface area contributed by atoms with E-state index in [-0.39, 0.29) is 11.8 Å². The van der Waals surface area contributed by atoms with Crippen LogP contribution in [0.25, 0.3) is 0 Å². The van der Waals surface area contributed by atoms with E-state index in [1.807, 2.05) is 30.3 Å². The lowest BCUT2D eigenvalue weighted by Crippen LogP contribution is -2.50. The average Bonchev–Trinajstić information content (AvgIpc) is 2.58. The SMILES string of the molecule is O=C(N[C@@H]1CCCNC1=O)c1ccnc(Cc2ccccc2)c1. The smallest absolute Gasteiger partial charge is 0.252 e. The zero-order valence-electron chi connectivity index (χ0n) is 12.8. The molecular formula is C18H19N3O2. The Morgan fingerprint density at radius 3 is 2.87 bits per heavy atom. The average molecular weight is 309 g/mol. The third-order valence-electron chi connectivity index (χ3n) is 3.90. The van der Waals surface area contributed by atoms with Crippen molar-refractivity contribution >= 4 is 11.8 Å². The predicted octanol–water partition coefficient (Wildman–Crippen LogP) is 1.68. The fraction of sp³-hybridized carbons (Fsp3) is 0.278. The quantitative estimate of drug-likeness (QED) is 0.902. The number of amides is 2. The minimum atomic E-state index is -0.443. The van der Waals surface area contributed by atoms with E-state index in [9.17, 15) is 9.59 Å². The largest absolute Gasteiger partial charge is 0.354 e. The van der Waals surface area contributed by atoms with Crippen LogP contribution >= 0.6 is 0 Å². The maximum Gasteiger partial charge on any atom is 0.252 e. The van der Waals surface area contributed by atoms with Gasteiger partial charge < -0.3 is 10.6 Å². The normalized spacial score (nSPS) is 17.4. The highest BCUT2D eigenvalue weighted by molar-refractivity contribution is 5.97. The van der Waals surface area contributed by atoms with Gasteiger partial charge in [0.1, 0.15) is 6.04 Å². The summed E-state index contributed by atoms with van der Waals surface area (Å²) in [7, 11) is 0. The Balaban J connectivity index is 1.69. The minimum Gasteiger partial charge on any atom is -0.354 e. The fourth-order valence-corrected chi connectivity index (χ4v) is 2.67. The number of nitrogens with one attached hydrogen (secondary N) is 2. The molecule has 1 aromatic heterocycles. The monoisotopic (exact) mass is 309 g/mol. The molecule has 1 aliphatic heterocycles. The van der Waals surface area contributed by atoms with Crippen molar-refractivity contribution in [3.63, 3.8) is 0 Å². The summed E-state index contributed by atoms with van der Waals surface area (Å²) in [6.45, 7) is 0.682. The van der Waals surface area contributed by atoms with Crippen LogP contribution in [0, 0.1) is 0 Å². The van der Waals surface area contributed by atoms with Gasteiger partial charge in [-0.3, -0.25) is 14.6 Å². The second-order valence-electron chi connectivity index (χ2n) is 5.66. The molecule has 0 radical (unpaired) electrons. The van der Waals surface area contributed by atoms with Gasteiger partial charge in [0.25, 0.3) is 5.91 Å². The second-order valence-corrected chi connectivity index (χ2v) is 5.66. The van der Waals surface area contributed by atoms with Crippen LogP contribution in [0.2, 0.25) is 0 Å². The van der Waals surface area contributed by atoms with Gasteiger partial charge in [-0.25, -0.2) is 0 Å². The van der Waals surface area contributed by atoms with Crippen LogP contribution in [0.4, 0.5) is 0 Å². The highest BCUT2D eigenvalue weighted by Crippen LogP contribution is 2.10. The number of pyridine rings is 1. The van der Waals surface area contributed by atoms with Crippen LogP contribution in [-0.2, 0) is 11.2 Å². The van der Waals surface area contributed by atoms with E-state index in [0.717, 1.165) is 17.7 Å². The van der Waals surface area contributed by atoms with Gasteiger partial charge in [-0.05, 0) is 30.5 Å². The van der Waals surface area contributed by atoms with Crippen molar-refractivity contribution in [3.8, 4) is 0 Å². The Morgan fingerprint density at radius 2 is 2.09 bits per heavy atom. The molecule has 5 nitrogen and oxygen atoms in total. The molecule has 2 aromatic rings. The summed E-state index contributed by atoms with van der Waals surface area (Å²) in [4.78, 5) is 28.4. The van der Waals surface area contributed by atoms with Crippen molar-refractivity contribution in [1.29, 1.82) is 0 Å². The number of benzene rings is 1.